The number of sulfonamides is 1. The van der Waals surface area contributed by atoms with E-state index in [-0.39, 0.29) is 4.90 Å². The van der Waals surface area contributed by atoms with E-state index in [1.165, 1.54) is 19.2 Å². The second-order valence-corrected chi connectivity index (χ2v) is 8.87. The highest BCUT2D eigenvalue weighted by Crippen LogP contribution is 2.32. The Labute approximate surface area is 183 Å². The largest absolute Gasteiger partial charge is 0.495 e. The molecule has 0 fully saturated rings. The first-order valence-corrected chi connectivity index (χ1v) is 11.4. The lowest BCUT2D eigenvalue weighted by Crippen LogP contribution is -2.38. The van der Waals surface area contributed by atoms with E-state index in [2.05, 4.69) is 5.32 Å². The maximum atomic E-state index is 13.5. The van der Waals surface area contributed by atoms with E-state index in [1.807, 2.05) is 32.0 Å². The summed E-state index contributed by atoms with van der Waals surface area (Å²) >= 11 is 0. The Bertz CT molecular complexity index is 1160. The molecule has 3 rings (SSSR count). The molecule has 0 unspecified atom stereocenters. The average molecular weight is 439 g/mol. The molecule has 0 radical (unpaired) electrons. The molecule has 0 atom stereocenters. The van der Waals surface area contributed by atoms with Gasteiger partial charge in [0, 0.05) is 5.69 Å². The first-order valence-electron chi connectivity index (χ1n) is 9.97. The van der Waals surface area contributed by atoms with Crippen molar-refractivity contribution in [2.24, 2.45) is 0 Å². The first kappa shape index (κ1) is 22.4. The summed E-state index contributed by atoms with van der Waals surface area (Å²) in [6, 6.07) is 20.6. The lowest BCUT2D eigenvalue weighted by atomic mass is 10.1. The van der Waals surface area contributed by atoms with Gasteiger partial charge in [-0.05, 0) is 48.7 Å². The number of benzene rings is 3. The molecule has 31 heavy (non-hydrogen) atoms. The quantitative estimate of drug-likeness (QED) is 0.566. The predicted molar refractivity (Wildman–Crippen MR) is 123 cm³/mol. The van der Waals surface area contributed by atoms with Crippen molar-refractivity contribution in [2.75, 3.05) is 23.3 Å². The van der Waals surface area contributed by atoms with Crippen LogP contribution in [-0.4, -0.2) is 28.0 Å². The average Bonchev–Trinajstić information content (AvgIpc) is 2.79. The monoisotopic (exact) mass is 438 g/mol. The molecule has 0 saturated carbocycles. The van der Waals surface area contributed by atoms with E-state index in [1.54, 1.807) is 42.5 Å². The van der Waals surface area contributed by atoms with Gasteiger partial charge in [0.1, 0.15) is 12.3 Å². The van der Waals surface area contributed by atoms with Crippen molar-refractivity contribution in [2.45, 2.75) is 25.2 Å². The Morgan fingerprint density at radius 1 is 0.968 bits per heavy atom. The summed E-state index contributed by atoms with van der Waals surface area (Å²) in [6.07, 6.45) is 0.746. The molecule has 6 nitrogen and oxygen atoms in total. The van der Waals surface area contributed by atoms with Crippen LogP contribution in [0.25, 0.3) is 0 Å². The molecule has 3 aromatic rings. The van der Waals surface area contributed by atoms with Crippen molar-refractivity contribution in [1.29, 1.82) is 0 Å². The van der Waals surface area contributed by atoms with Crippen LogP contribution >= 0.6 is 0 Å². The maximum Gasteiger partial charge on any atom is 0.264 e. The second-order valence-electron chi connectivity index (χ2n) is 7.01. The molecule has 0 aromatic heterocycles. The minimum Gasteiger partial charge on any atom is -0.495 e. The topological polar surface area (TPSA) is 75.7 Å². The molecule has 0 bridgehead atoms. The van der Waals surface area contributed by atoms with Crippen LogP contribution in [0.5, 0.6) is 5.75 Å². The van der Waals surface area contributed by atoms with Crippen molar-refractivity contribution in [3.8, 4) is 5.75 Å². The van der Waals surface area contributed by atoms with Crippen molar-refractivity contribution in [3.05, 3.63) is 83.9 Å². The normalized spacial score (nSPS) is 11.1. The fraction of sp³-hybridized carbons (Fsp3) is 0.208. The smallest absolute Gasteiger partial charge is 0.264 e. The number of para-hydroxylation sites is 3. The molecule has 0 aliphatic rings. The number of amides is 1. The lowest BCUT2D eigenvalue weighted by Gasteiger charge is -2.26. The van der Waals surface area contributed by atoms with Gasteiger partial charge in [0.15, 0.2) is 0 Å². The van der Waals surface area contributed by atoms with E-state index in [4.69, 9.17) is 4.74 Å². The Balaban J connectivity index is 2.01. The molecule has 0 saturated heterocycles. The molecule has 1 amide bonds. The molecule has 0 aliphatic carbocycles. The van der Waals surface area contributed by atoms with E-state index >= 15 is 0 Å². The summed E-state index contributed by atoms with van der Waals surface area (Å²) in [7, 11) is -2.54. The molecule has 3 aromatic carbocycles. The van der Waals surface area contributed by atoms with Crippen LogP contribution in [0.2, 0.25) is 0 Å². The fourth-order valence-corrected chi connectivity index (χ4v) is 4.82. The minimum atomic E-state index is -4.01. The van der Waals surface area contributed by atoms with Gasteiger partial charge in [-0.2, -0.15) is 0 Å². The first-order chi connectivity index (χ1) is 14.9. The van der Waals surface area contributed by atoms with Gasteiger partial charge in [-0.1, -0.05) is 55.5 Å². The van der Waals surface area contributed by atoms with Crippen LogP contribution < -0.4 is 14.4 Å². The van der Waals surface area contributed by atoms with Gasteiger partial charge < -0.3 is 10.1 Å². The number of carbonyl (C=O) groups excluding carboxylic acids is 1. The highest BCUT2D eigenvalue weighted by molar-refractivity contribution is 7.92. The van der Waals surface area contributed by atoms with Crippen molar-refractivity contribution in [3.63, 3.8) is 0 Å². The summed E-state index contributed by atoms with van der Waals surface area (Å²) in [5.74, 6) is -0.0747. The van der Waals surface area contributed by atoms with Gasteiger partial charge in [-0.3, -0.25) is 9.10 Å². The SMILES string of the molecule is CCc1cccc(C)c1NC(=O)CN(c1ccccc1OC)S(=O)(=O)c1ccccc1. The second kappa shape index (κ2) is 9.66. The third-order valence-electron chi connectivity index (χ3n) is 4.98. The van der Waals surface area contributed by atoms with Gasteiger partial charge in [-0.15, -0.1) is 0 Å². The Kier molecular flexibility index (Phi) is 6.97. The molecular formula is C24H26N2O4S. The molecular weight excluding hydrogens is 412 g/mol. The molecule has 162 valence electrons. The van der Waals surface area contributed by atoms with E-state index in [9.17, 15) is 13.2 Å². The zero-order chi connectivity index (χ0) is 22.4. The number of nitrogens with zero attached hydrogens (tertiary/aromatic N) is 1. The number of hydrogen-bond donors (Lipinski definition) is 1. The molecule has 0 aliphatic heterocycles. The Morgan fingerprint density at radius 3 is 2.32 bits per heavy atom. The van der Waals surface area contributed by atoms with Gasteiger partial charge >= 0.3 is 0 Å². The highest BCUT2D eigenvalue weighted by Gasteiger charge is 2.29. The third kappa shape index (κ3) is 4.88. The summed E-state index contributed by atoms with van der Waals surface area (Å²) in [6.45, 7) is 3.52. The lowest BCUT2D eigenvalue weighted by molar-refractivity contribution is -0.114. The van der Waals surface area contributed by atoms with Crippen LogP contribution in [0.3, 0.4) is 0 Å². The Morgan fingerprint density at radius 2 is 1.65 bits per heavy atom. The number of anilines is 2. The predicted octanol–water partition coefficient (Wildman–Crippen LogP) is 4.40. The van der Waals surface area contributed by atoms with Crippen LogP contribution in [-0.2, 0) is 21.2 Å². The van der Waals surface area contributed by atoms with Gasteiger partial charge in [0.05, 0.1) is 17.7 Å². The third-order valence-corrected chi connectivity index (χ3v) is 6.75. The van der Waals surface area contributed by atoms with Crippen LogP contribution in [0, 0.1) is 6.92 Å². The van der Waals surface area contributed by atoms with E-state index in [0.717, 1.165) is 21.9 Å². The zero-order valence-corrected chi connectivity index (χ0v) is 18.6. The van der Waals surface area contributed by atoms with Gasteiger partial charge in [0.2, 0.25) is 5.91 Å². The summed E-state index contributed by atoms with van der Waals surface area (Å²) in [5, 5.41) is 2.91. The van der Waals surface area contributed by atoms with Gasteiger partial charge in [0.25, 0.3) is 10.0 Å². The van der Waals surface area contributed by atoms with E-state index < -0.39 is 22.5 Å². The molecule has 7 heteroatoms. The van der Waals surface area contributed by atoms with Crippen LogP contribution in [0.15, 0.2) is 77.7 Å². The Hall–Kier alpha value is -3.32. The van der Waals surface area contributed by atoms with Crippen LogP contribution in [0.1, 0.15) is 18.1 Å². The standard InChI is InChI=1S/C24H26N2O4S/c1-4-19-12-10-11-18(2)24(19)25-23(27)17-26(21-15-8-9-16-22(21)30-3)31(28,29)20-13-6-5-7-14-20/h5-16H,4,17H2,1-3H3,(H,25,27). The highest BCUT2D eigenvalue weighted by atomic mass is 32.2. The number of rotatable bonds is 8. The van der Waals surface area contributed by atoms with Crippen molar-refractivity contribution in [1.82, 2.24) is 0 Å². The molecule has 0 heterocycles. The summed E-state index contributed by atoms with van der Waals surface area (Å²) < 4.78 is 33.4. The summed E-state index contributed by atoms with van der Waals surface area (Å²) in [4.78, 5) is 13.1. The minimum absolute atomic E-state index is 0.0962. The molecule has 1 N–H and O–H groups in total. The number of nitrogens with one attached hydrogen (secondary N) is 1. The summed E-state index contributed by atoms with van der Waals surface area (Å²) in [5.41, 5.74) is 2.92. The van der Waals surface area contributed by atoms with Crippen molar-refractivity contribution < 1.29 is 17.9 Å². The van der Waals surface area contributed by atoms with Gasteiger partial charge in [-0.25, -0.2) is 8.42 Å². The zero-order valence-electron chi connectivity index (χ0n) is 17.8. The number of ether oxygens (including phenoxy) is 1. The number of hydrogen-bond acceptors (Lipinski definition) is 4. The number of methoxy groups -OCH3 is 1. The number of carbonyl (C=O) groups is 1. The molecule has 0 spiro atoms. The maximum absolute atomic E-state index is 13.5. The fourth-order valence-electron chi connectivity index (χ4n) is 3.37. The van der Waals surface area contributed by atoms with E-state index in [0.29, 0.717) is 17.1 Å². The van der Waals surface area contributed by atoms with Crippen molar-refractivity contribution >= 4 is 27.3 Å². The number of aryl methyl sites for hydroxylation is 2. The van der Waals surface area contributed by atoms with Crippen LogP contribution in [0.4, 0.5) is 11.4 Å².